The maximum absolute atomic E-state index is 12.2. The Kier molecular flexibility index (Phi) is 4.56. The summed E-state index contributed by atoms with van der Waals surface area (Å²) in [5, 5.41) is 0. The Morgan fingerprint density at radius 2 is 1.70 bits per heavy atom. The molecule has 1 heterocycles. The molecule has 0 aliphatic heterocycles. The van der Waals surface area contributed by atoms with E-state index in [0.717, 1.165) is 16.8 Å². The lowest BCUT2D eigenvalue weighted by Gasteiger charge is -2.24. The summed E-state index contributed by atoms with van der Waals surface area (Å²) in [6, 6.07) is 10.6. The van der Waals surface area contributed by atoms with Gasteiger partial charge in [0.15, 0.2) is 0 Å². The molecular formula is C20H26N2O. The molecule has 3 heteroatoms. The standard InChI is InChI=1S/C20H26N2O/c1-14-13-18(15-7-5-4-6-8-15)19(21-20(14)23)16-9-11-17(12-10-16)22(2)3/h9-13,15H,4-8H2,1-3H3,(H,21,23). The van der Waals surface area contributed by atoms with Gasteiger partial charge in [0.1, 0.15) is 0 Å². The van der Waals surface area contributed by atoms with Crippen molar-refractivity contribution in [2.45, 2.75) is 44.9 Å². The van der Waals surface area contributed by atoms with Crippen LogP contribution in [0.25, 0.3) is 11.3 Å². The fraction of sp³-hybridized carbons (Fsp3) is 0.450. The van der Waals surface area contributed by atoms with Crippen LogP contribution in [0.5, 0.6) is 0 Å². The predicted molar refractivity (Wildman–Crippen MR) is 97.4 cm³/mol. The molecule has 122 valence electrons. The minimum atomic E-state index is 0.0243. The van der Waals surface area contributed by atoms with Crippen LogP contribution in [0.3, 0.4) is 0 Å². The molecule has 0 saturated heterocycles. The molecular weight excluding hydrogens is 284 g/mol. The SMILES string of the molecule is Cc1cc(C2CCCCC2)c(-c2ccc(N(C)C)cc2)[nH]c1=O. The number of benzene rings is 1. The number of hydrogen-bond donors (Lipinski definition) is 1. The summed E-state index contributed by atoms with van der Waals surface area (Å²) >= 11 is 0. The van der Waals surface area contributed by atoms with Crippen LogP contribution < -0.4 is 10.5 Å². The first-order chi connectivity index (χ1) is 11.1. The normalized spacial score (nSPS) is 15.6. The maximum atomic E-state index is 12.2. The highest BCUT2D eigenvalue weighted by molar-refractivity contribution is 5.67. The zero-order valence-electron chi connectivity index (χ0n) is 14.4. The number of nitrogens with zero attached hydrogens (tertiary/aromatic N) is 1. The van der Waals surface area contributed by atoms with Crippen LogP contribution >= 0.6 is 0 Å². The monoisotopic (exact) mass is 310 g/mol. The van der Waals surface area contributed by atoms with Crippen molar-refractivity contribution in [1.29, 1.82) is 0 Å². The van der Waals surface area contributed by atoms with Gasteiger partial charge in [0.05, 0.1) is 5.69 Å². The van der Waals surface area contributed by atoms with Crippen LogP contribution in [0, 0.1) is 6.92 Å². The van der Waals surface area contributed by atoms with Gasteiger partial charge >= 0.3 is 0 Å². The van der Waals surface area contributed by atoms with Crippen LogP contribution in [-0.4, -0.2) is 19.1 Å². The second-order valence-corrected chi connectivity index (χ2v) is 6.89. The van der Waals surface area contributed by atoms with Crippen molar-refractivity contribution in [2.75, 3.05) is 19.0 Å². The average Bonchev–Trinajstić information content (AvgIpc) is 2.58. The number of H-pyrrole nitrogens is 1. The van der Waals surface area contributed by atoms with E-state index in [4.69, 9.17) is 0 Å². The first kappa shape index (κ1) is 15.9. The Morgan fingerprint density at radius 1 is 1.04 bits per heavy atom. The Hall–Kier alpha value is -2.03. The van der Waals surface area contributed by atoms with Crippen LogP contribution in [-0.2, 0) is 0 Å². The summed E-state index contributed by atoms with van der Waals surface area (Å²) in [4.78, 5) is 17.4. The lowest BCUT2D eigenvalue weighted by atomic mass is 9.82. The number of hydrogen-bond acceptors (Lipinski definition) is 2. The Labute approximate surface area is 138 Å². The number of pyridine rings is 1. The van der Waals surface area contributed by atoms with E-state index in [-0.39, 0.29) is 5.56 Å². The van der Waals surface area contributed by atoms with Gasteiger partial charge in [-0.1, -0.05) is 31.4 Å². The largest absolute Gasteiger partial charge is 0.378 e. The smallest absolute Gasteiger partial charge is 0.251 e. The summed E-state index contributed by atoms with van der Waals surface area (Å²) in [6.45, 7) is 1.91. The zero-order valence-corrected chi connectivity index (χ0v) is 14.4. The minimum Gasteiger partial charge on any atom is -0.378 e. The first-order valence-corrected chi connectivity index (χ1v) is 8.58. The van der Waals surface area contributed by atoms with Crippen molar-refractivity contribution in [2.24, 2.45) is 0 Å². The Morgan fingerprint density at radius 3 is 2.30 bits per heavy atom. The molecule has 1 aromatic carbocycles. The molecule has 0 bridgehead atoms. The number of nitrogens with one attached hydrogen (secondary N) is 1. The van der Waals surface area contributed by atoms with Gasteiger partial charge in [-0.3, -0.25) is 4.79 Å². The van der Waals surface area contributed by atoms with Crippen molar-refractivity contribution in [3.05, 3.63) is 51.8 Å². The average molecular weight is 310 g/mol. The molecule has 1 fully saturated rings. The molecule has 1 N–H and O–H groups in total. The van der Waals surface area contributed by atoms with Gasteiger partial charge in [-0.2, -0.15) is 0 Å². The van der Waals surface area contributed by atoms with Crippen LogP contribution in [0.4, 0.5) is 5.69 Å². The molecule has 0 unspecified atom stereocenters. The van der Waals surface area contributed by atoms with Crippen molar-refractivity contribution in [3.8, 4) is 11.3 Å². The number of aromatic nitrogens is 1. The van der Waals surface area contributed by atoms with Crippen LogP contribution in [0.15, 0.2) is 35.1 Å². The van der Waals surface area contributed by atoms with Crippen molar-refractivity contribution >= 4 is 5.69 Å². The highest BCUT2D eigenvalue weighted by atomic mass is 16.1. The minimum absolute atomic E-state index is 0.0243. The topological polar surface area (TPSA) is 36.1 Å². The molecule has 23 heavy (non-hydrogen) atoms. The van der Waals surface area contributed by atoms with Gasteiger partial charge in [0, 0.05) is 25.3 Å². The van der Waals surface area contributed by atoms with Gasteiger partial charge < -0.3 is 9.88 Å². The predicted octanol–water partition coefficient (Wildman–Crippen LogP) is 4.46. The quantitative estimate of drug-likeness (QED) is 0.908. The van der Waals surface area contributed by atoms with E-state index in [1.165, 1.54) is 43.4 Å². The summed E-state index contributed by atoms with van der Waals surface area (Å²) < 4.78 is 0. The highest BCUT2D eigenvalue weighted by Crippen LogP contribution is 2.37. The number of aromatic amines is 1. The lowest BCUT2D eigenvalue weighted by Crippen LogP contribution is -2.15. The van der Waals surface area contributed by atoms with Crippen molar-refractivity contribution in [1.82, 2.24) is 4.98 Å². The molecule has 0 atom stereocenters. The highest BCUT2D eigenvalue weighted by Gasteiger charge is 2.20. The second-order valence-electron chi connectivity index (χ2n) is 6.89. The molecule has 0 amide bonds. The lowest BCUT2D eigenvalue weighted by molar-refractivity contribution is 0.443. The summed E-state index contributed by atoms with van der Waals surface area (Å²) in [6.07, 6.45) is 6.39. The van der Waals surface area contributed by atoms with Crippen molar-refractivity contribution in [3.63, 3.8) is 0 Å². The van der Waals surface area contributed by atoms with E-state index in [2.05, 4.69) is 40.2 Å². The molecule has 2 aromatic rings. The summed E-state index contributed by atoms with van der Waals surface area (Å²) in [7, 11) is 4.08. The third-order valence-electron chi connectivity index (χ3n) is 4.97. The molecule has 3 rings (SSSR count). The van der Waals surface area contributed by atoms with E-state index < -0.39 is 0 Å². The van der Waals surface area contributed by atoms with E-state index in [1.54, 1.807) is 0 Å². The number of anilines is 1. The van der Waals surface area contributed by atoms with Gasteiger partial charge in [-0.15, -0.1) is 0 Å². The van der Waals surface area contributed by atoms with Gasteiger partial charge in [-0.25, -0.2) is 0 Å². The fourth-order valence-corrected chi connectivity index (χ4v) is 3.56. The Balaban J connectivity index is 2.06. The van der Waals surface area contributed by atoms with Crippen molar-refractivity contribution < 1.29 is 0 Å². The second kappa shape index (κ2) is 6.61. The molecule has 3 nitrogen and oxygen atoms in total. The zero-order chi connectivity index (χ0) is 16.4. The summed E-state index contributed by atoms with van der Waals surface area (Å²) in [5.74, 6) is 0.572. The molecule has 0 spiro atoms. The fourth-order valence-electron chi connectivity index (χ4n) is 3.56. The first-order valence-electron chi connectivity index (χ1n) is 8.58. The molecule has 1 saturated carbocycles. The molecule has 1 aliphatic carbocycles. The van der Waals surface area contributed by atoms with Gasteiger partial charge in [0.2, 0.25) is 0 Å². The van der Waals surface area contributed by atoms with Gasteiger partial charge in [0.25, 0.3) is 5.56 Å². The van der Waals surface area contributed by atoms with E-state index in [1.807, 2.05) is 21.0 Å². The Bertz CT molecular complexity index is 722. The number of rotatable bonds is 3. The van der Waals surface area contributed by atoms with Gasteiger partial charge in [-0.05, 0) is 55.0 Å². The van der Waals surface area contributed by atoms with E-state index in [0.29, 0.717) is 5.92 Å². The maximum Gasteiger partial charge on any atom is 0.251 e. The molecule has 0 radical (unpaired) electrons. The third kappa shape index (κ3) is 3.34. The summed E-state index contributed by atoms with van der Waals surface area (Å²) in [5.41, 5.74) is 5.45. The third-order valence-corrected chi connectivity index (χ3v) is 4.97. The molecule has 1 aliphatic rings. The molecule has 1 aromatic heterocycles. The number of aryl methyl sites for hydroxylation is 1. The van der Waals surface area contributed by atoms with Crippen LogP contribution in [0.2, 0.25) is 0 Å². The van der Waals surface area contributed by atoms with Crippen LogP contribution in [0.1, 0.15) is 49.1 Å². The van der Waals surface area contributed by atoms with E-state index >= 15 is 0 Å². The van der Waals surface area contributed by atoms with E-state index in [9.17, 15) is 4.79 Å².